The minimum absolute atomic E-state index is 0.0513. The first kappa shape index (κ1) is 15.2. The molecule has 1 aliphatic rings. The van der Waals surface area contributed by atoms with Crippen molar-refractivity contribution in [3.8, 4) is 5.88 Å². The molecule has 0 N–H and O–H groups in total. The summed E-state index contributed by atoms with van der Waals surface area (Å²) < 4.78 is 29.1. The highest BCUT2D eigenvalue weighted by Crippen LogP contribution is 2.27. The summed E-state index contributed by atoms with van der Waals surface area (Å²) in [5.74, 6) is 0.0513. The molecule has 1 aromatic heterocycles. The van der Waals surface area contributed by atoms with Crippen molar-refractivity contribution in [1.29, 1.82) is 0 Å². The molecule has 0 radical (unpaired) electrons. The minimum atomic E-state index is -2.54. The maximum absolute atomic E-state index is 12.1. The van der Waals surface area contributed by atoms with E-state index in [-0.39, 0.29) is 10.9 Å². The van der Waals surface area contributed by atoms with Crippen molar-refractivity contribution in [2.75, 3.05) is 6.61 Å². The number of aromatic nitrogens is 1. The Labute approximate surface area is 132 Å². The molecule has 1 aromatic carbocycles. The number of hydrogen-bond acceptors (Lipinski definition) is 3. The van der Waals surface area contributed by atoms with Gasteiger partial charge in [0.15, 0.2) is 6.61 Å². The van der Waals surface area contributed by atoms with Gasteiger partial charge in [0.25, 0.3) is 6.43 Å². The highest BCUT2D eigenvalue weighted by atomic mass is 35.5. The van der Waals surface area contributed by atoms with Crippen LogP contribution in [-0.4, -0.2) is 22.9 Å². The standard InChI is InChI=1S/C16H15ClF2N2O/c17-14-5-11(6-20-16(14)22-10-15(18)19)7-21-8-12-3-1-2-4-13(12)9-21/h1-6,15H,7-10H2. The second-order valence-electron chi connectivity index (χ2n) is 5.25. The average Bonchev–Trinajstić information content (AvgIpc) is 2.88. The van der Waals surface area contributed by atoms with Crippen molar-refractivity contribution < 1.29 is 13.5 Å². The second-order valence-corrected chi connectivity index (χ2v) is 5.65. The van der Waals surface area contributed by atoms with Gasteiger partial charge in [-0.1, -0.05) is 35.9 Å². The quantitative estimate of drug-likeness (QED) is 0.834. The summed E-state index contributed by atoms with van der Waals surface area (Å²) in [6.07, 6.45) is -0.920. The Morgan fingerprint density at radius 2 is 1.91 bits per heavy atom. The number of rotatable bonds is 5. The van der Waals surface area contributed by atoms with E-state index in [0.29, 0.717) is 6.54 Å². The van der Waals surface area contributed by atoms with Crippen LogP contribution in [0.15, 0.2) is 36.5 Å². The van der Waals surface area contributed by atoms with Gasteiger partial charge in [-0.15, -0.1) is 0 Å². The van der Waals surface area contributed by atoms with Crippen molar-refractivity contribution >= 4 is 11.6 Å². The number of benzene rings is 1. The molecule has 1 aliphatic heterocycles. The van der Waals surface area contributed by atoms with E-state index >= 15 is 0 Å². The number of pyridine rings is 1. The van der Waals surface area contributed by atoms with Gasteiger partial charge in [0.2, 0.25) is 5.88 Å². The SMILES string of the molecule is FC(F)COc1ncc(CN2Cc3ccccc3C2)cc1Cl. The normalized spacial score (nSPS) is 14.4. The Morgan fingerprint density at radius 1 is 1.23 bits per heavy atom. The van der Waals surface area contributed by atoms with Crippen LogP contribution < -0.4 is 4.74 Å². The molecular weight excluding hydrogens is 310 g/mol. The zero-order valence-electron chi connectivity index (χ0n) is 11.8. The van der Waals surface area contributed by atoms with E-state index in [4.69, 9.17) is 16.3 Å². The molecule has 0 fully saturated rings. The Hall–Kier alpha value is -1.72. The molecule has 0 aliphatic carbocycles. The number of halogens is 3. The van der Waals surface area contributed by atoms with E-state index in [0.717, 1.165) is 18.7 Å². The first-order valence-electron chi connectivity index (χ1n) is 6.96. The lowest BCUT2D eigenvalue weighted by Gasteiger charge is -2.15. The Balaban J connectivity index is 1.63. The van der Waals surface area contributed by atoms with Gasteiger partial charge >= 0.3 is 0 Å². The van der Waals surface area contributed by atoms with E-state index in [1.54, 1.807) is 12.3 Å². The Kier molecular flexibility index (Phi) is 4.55. The molecule has 3 nitrogen and oxygen atoms in total. The molecule has 22 heavy (non-hydrogen) atoms. The topological polar surface area (TPSA) is 25.4 Å². The number of nitrogens with zero attached hydrogens (tertiary/aromatic N) is 2. The predicted octanol–water partition coefficient (Wildman–Crippen LogP) is 3.89. The molecule has 0 saturated carbocycles. The average molecular weight is 325 g/mol. The van der Waals surface area contributed by atoms with Crippen LogP contribution >= 0.6 is 11.6 Å². The molecule has 0 spiro atoms. The van der Waals surface area contributed by atoms with E-state index in [1.165, 1.54) is 11.1 Å². The highest BCUT2D eigenvalue weighted by molar-refractivity contribution is 6.31. The van der Waals surface area contributed by atoms with Gasteiger partial charge in [0.1, 0.15) is 5.02 Å². The molecule has 3 rings (SSSR count). The Morgan fingerprint density at radius 3 is 2.50 bits per heavy atom. The summed E-state index contributed by atoms with van der Waals surface area (Å²) in [4.78, 5) is 6.30. The first-order valence-corrected chi connectivity index (χ1v) is 7.34. The molecule has 116 valence electrons. The zero-order chi connectivity index (χ0) is 15.5. The molecule has 0 unspecified atom stereocenters. The molecule has 6 heteroatoms. The molecule has 0 atom stereocenters. The summed E-state index contributed by atoms with van der Waals surface area (Å²) in [6, 6.07) is 10.0. The van der Waals surface area contributed by atoms with Crippen LogP contribution in [0.4, 0.5) is 8.78 Å². The molecule has 0 saturated heterocycles. The minimum Gasteiger partial charge on any atom is -0.471 e. The molecule has 2 heterocycles. The van der Waals surface area contributed by atoms with Crippen LogP contribution in [0, 0.1) is 0 Å². The van der Waals surface area contributed by atoms with Gasteiger partial charge in [0, 0.05) is 25.8 Å². The fourth-order valence-electron chi connectivity index (χ4n) is 2.57. The van der Waals surface area contributed by atoms with Gasteiger partial charge < -0.3 is 4.74 Å². The van der Waals surface area contributed by atoms with Crippen LogP contribution in [0.3, 0.4) is 0 Å². The van der Waals surface area contributed by atoms with Crippen LogP contribution in [0.25, 0.3) is 0 Å². The third-order valence-electron chi connectivity index (χ3n) is 3.52. The lowest BCUT2D eigenvalue weighted by atomic mass is 10.1. The van der Waals surface area contributed by atoms with Crippen molar-refractivity contribution in [3.63, 3.8) is 0 Å². The van der Waals surface area contributed by atoms with E-state index in [2.05, 4.69) is 22.0 Å². The van der Waals surface area contributed by atoms with E-state index in [9.17, 15) is 8.78 Å². The van der Waals surface area contributed by atoms with Crippen molar-refractivity contribution in [2.45, 2.75) is 26.1 Å². The summed E-state index contributed by atoms with van der Waals surface area (Å²) in [5.41, 5.74) is 3.60. The lowest BCUT2D eigenvalue weighted by Crippen LogP contribution is -2.16. The predicted molar refractivity (Wildman–Crippen MR) is 80.1 cm³/mol. The van der Waals surface area contributed by atoms with Crippen LogP contribution in [0.2, 0.25) is 5.02 Å². The van der Waals surface area contributed by atoms with Crippen LogP contribution in [0.5, 0.6) is 5.88 Å². The first-order chi connectivity index (χ1) is 10.6. The zero-order valence-corrected chi connectivity index (χ0v) is 12.6. The van der Waals surface area contributed by atoms with Crippen molar-refractivity contribution in [2.24, 2.45) is 0 Å². The largest absolute Gasteiger partial charge is 0.471 e. The second kappa shape index (κ2) is 6.58. The maximum atomic E-state index is 12.1. The summed E-state index contributed by atoms with van der Waals surface area (Å²) in [7, 11) is 0. The molecular formula is C16H15ClF2N2O. The van der Waals surface area contributed by atoms with Crippen LogP contribution in [-0.2, 0) is 19.6 Å². The van der Waals surface area contributed by atoms with Crippen molar-refractivity contribution in [3.05, 3.63) is 58.2 Å². The molecule has 2 aromatic rings. The number of ether oxygens (including phenoxy) is 1. The highest BCUT2D eigenvalue weighted by Gasteiger charge is 2.19. The fraction of sp³-hybridized carbons (Fsp3) is 0.312. The summed E-state index contributed by atoms with van der Waals surface area (Å²) in [6.45, 7) is 1.78. The monoisotopic (exact) mass is 324 g/mol. The maximum Gasteiger partial charge on any atom is 0.272 e. The van der Waals surface area contributed by atoms with E-state index < -0.39 is 13.0 Å². The lowest BCUT2D eigenvalue weighted by molar-refractivity contribution is 0.0796. The smallest absolute Gasteiger partial charge is 0.272 e. The molecule has 0 bridgehead atoms. The van der Waals surface area contributed by atoms with Crippen LogP contribution in [0.1, 0.15) is 16.7 Å². The molecule has 0 amide bonds. The van der Waals surface area contributed by atoms with Crippen molar-refractivity contribution in [1.82, 2.24) is 9.88 Å². The van der Waals surface area contributed by atoms with Gasteiger partial charge in [0.05, 0.1) is 0 Å². The van der Waals surface area contributed by atoms with Gasteiger partial charge in [-0.25, -0.2) is 13.8 Å². The third kappa shape index (κ3) is 3.54. The summed E-state index contributed by atoms with van der Waals surface area (Å²) in [5, 5.41) is 0.259. The van der Waals surface area contributed by atoms with Gasteiger partial charge in [-0.2, -0.15) is 0 Å². The number of fused-ring (bicyclic) bond motifs is 1. The Bertz CT molecular complexity index is 641. The fourth-order valence-corrected chi connectivity index (χ4v) is 2.82. The number of alkyl halides is 2. The number of hydrogen-bond donors (Lipinski definition) is 0. The summed E-state index contributed by atoms with van der Waals surface area (Å²) >= 11 is 6.04. The van der Waals surface area contributed by atoms with Gasteiger partial charge in [-0.05, 0) is 22.8 Å². The van der Waals surface area contributed by atoms with Gasteiger partial charge in [-0.3, -0.25) is 4.90 Å². The van der Waals surface area contributed by atoms with E-state index in [1.807, 2.05) is 12.1 Å². The third-order valence-corrected chi connectivity index (χ3v) is 3.79.